The summed E-state index contributed by atoms with van der Waals surface area (Å²) in [7, 11) is 0. The van der Waals surface area contributed by atoms with Gasteiger partial charge in [0, 0.05) is 24.0 Å². The fraction of sp³-hybridized carbons (Fsp3) is 0.231. The molecule has 0 fully saturated rings. The predicted molar refractivity (Wildman–Crippen MR) is 80.6 cm³/mol. The molecule has 0 saturated carbocycles. The van der Waals surface area contributed by atoms with Gasteiger partial charge in [0.05, 0.1) is 8.81 Å². The Kier molecular flexibility index (Phi) is 5.63. The molecular formula is C13H12BrClFNOS. The first kappa shape index (κ1) is 14.8. The van der Waals surface area contributed by atoms with Gasteiger partial charge >= 0.3 is 0 Å². The zero-order chi connectivity index (χ0) is 13.7. The van der Waals surface area contributed by atoms with Crippen LogP contribution in [-0.2, 0) is 6.54 Å². The average Bonchev–Trinajstić information content (AvgIpc) is 2.79. The van der Waals surface area contributed by atoms with Crippen molar-refractivity contribution in [3.8, 4) is 5.75 Å². The van der Waals surface area contributed by atoms with Gasteiger partial charge in [-0.2, -0.15) is 0 Å². The molecule has 1 aromatic heterocycles. The summed E-state index contributed by atoms with van der Waals surface area (Å²) in [5, 5.41) is 3.24. The molecule has 102 valence electrons. The number of benzene rings is 1. The fourth-order valence-corrected chi connectivity index (χ4v) is 2.77. The van der Waals surface area contributed by atoms with E-state index >= 15 is 0 Å². The third kappa shape index (κ3) is 4.76. The van der Waals surface area contributed by atoms with Crippen LogP contribution in [-0.4, -0.2) is 13.2 Å². The molecule has 0 amide bonds. The molecule has 19 heavy (non-hydrogen) atoms. The Morgan fingerprint density at radius 1 is 1.32 bits per heavy atom. The average molecular weight is 365 g/mol. The third-order valence-corrected chi connectivity index (χ3v) is 4.24. The summed E-state index contributed by atoms with van der Waals surface area (Å²) >= 11 is 10.5. The van der Waals surface area contributed by atoms with E-state index in [1.165, 1.54) is 10.9 Å². The van der Waals surface area contributed by atoms with Crippen LogP contribution < -0.4 is 10.1 Å². The Morgan fingerprint density at radius 2 is 2.16 bits per heavy atom. The van der Waals surface area contributed by atoms with Crippen molar-refractivity contribution >= 4 is 38.9 Å². The summed E-state index contributed by atoms with van der Waals surface area (Å²) in [4.78, 5) is 1.18. The number of rotatable bonds is 6. The Bertz CT molecular complexity index is 549. The monoisotopic (exact) mass is 363 g/mol. The lowest BCUT2D eigenvalue weighted by molar-refractivity contribution is 0.312. The van der Waals surface area contributed by atoms with Crippen molar-refractivity contribution in [2.75, 3.05) is 13.2 Å². The highest BCUT2D eigenvalue weighted by atomic mass is 79.9. The van der Waals surface area contributed by atoms with E-state index in [9.17, 15) is 4.39 Å². The van der Waals surface area contributed by atoms with Crippen molar-refractivity contribution < 1.29 is 9.13 Å². The summed E-state index contributed by atoms with van der Waals surface area (Å²) in [5.41, 5.74) is 0. The minimum absolute atomic E-state index is 0.321. The highest BCUT2D eigenvalue weighted by Gasteiger charge is 2.01. The van der Waals surface area contributed by atoms with Crippen molar-refractivity contribution in [2.45, 2.75) is 6.54 Å². The summed E-state index contributed by atoms with van der Waals surface area (Å²) in [6, 6.07) is 8.59. The number of hydrogen-bond acceptors (Lipinski definition) is 3. The van der Waals surface area contributed by atoms with Crippen LogP contribution in [0.1, 0.15) is 4.88 Å². The first-order valence-electron chi connectivity index (χ1n) is 5.68. The van der Waals surface area contributed by atoms with Gasteiger partial charge in [-0.1, -0.05) is 11.6 Å². The molecular weight excluding hydrogens is 353 g/mol. The summed E-state index contributed by atoms with van der Waals surface area (Å²) in [6.45, 7) is 1.93. The van der Waals surface area contributed by atoms with E-state index in [1.54, 1.807) is 23.5 Å². The van der Waals surface area contributed by atoms with Crippen LogP contribution >= 0.6 is 38.9 Å². The van der Waals surface area contributed by atoms with Gasteiger partial charge < -0.3 is 10.1 Å². The lowest BCUT2D eigenvalue weighted by Crippen LogP contribution is -2.20. The lowest BCUT2D eigenvalue weighted by Gasteiger charge is -2.07. The molecule has 0 spiro atoms. The van der Waals surface area contributed by atoms with Crippen molar-refractivity contribution in [2.24, 2.45) is 0 Å². The molecule has 0 saturated heterocycles. The number of thiophene rings is 1. The van der Waals surface area contributed by atoms with E-state index < -0.39 is 0 Å². The van der Waals surface area contributed by atoms with Crippen molar-refractivity contribution in [3.05, 3.63) is 49.8 Å². The molecule has 0 bridgehead atoms. The molecule has 2 nitrogen and oxygen atoms in total. The van der Waals surface area contributed by atoms with Gasteiger partial charge in [-0.15, -0.1) is 11.3 Å². The molecule has 0 unspecified atom stereocenters. The Morgan fingerprint density at radius 3 is 2.84 bits per heavy atom. The quantitative estimate of drug-likeness (QED) is 0.764. The second-order valence-corrected chi connectivity index (χ2v) is 6.46. The first-order chi connectivity index (χ1) is 9.15. The first-order valence-corrected chi connectivity index (χ1v) is 7.66. The standard InChI is InChI=1S/C13H12BrClFNOS/c14-11-3-1-9(7-12(11)16)18-6-5-17-8-10-2-4-13(15)19-10/h1-4,7,17H,5-6,8H2. The molecule has 2 rings (SSSR count). The van der Waals surface area contributed by atoms with Gasteiger partial charge in [-0.25, -0.2) is 4.39 Å². The number of halogens is 3. The number of nitrogens with one attached hydrogen (secondary N) is 1. The second kappa shape index (κ2) is 7.24. The summed E-state index contributed by atoms with van der Waals surface area (Å²) < 4.78 is 19.9. The maximum absolute atomic E-state index is 13.2. The van der Waals surface area contributed by atoms with Gasteiger partial charge in [0.15, 0.2) is 0 Å². The minimum atomic E-state index is -0.321. The molecule has 6 heteroatoms. The number of hydrogen-bond donors (Lipinski definition) is 1. The van der Waals surface area contributed by atoms with Crippen LogP contribution in [0.25, 0.3) is 0 Å². The van der Waals surface area contributed by atoms with Crippen molar-refractivity contribution in [3.63, 3.8) is 0 Å². The number of ether oxygens (including phenoxy) is 1. The van der Waals surface area contributed by atoms with E-state index in [-0.39, 0.29) is 5.82 Å². The molecule has 0 aliphatic heterocycles. The zero-order valence-electron chi connectivity index (χ0n) is 9.96. The van der Waals surface area contributed by atoms with E-state index in [4.69, 9.17) is 16.3 Å². The summed E-state index contributed by atoms with van der Waals surface area (Å²) in [6.07, 6.45) is 0. The van der Waals surface area contributed by atoms with Crippen LogP contribution in [0.15, 0.2) is 34.8 Å². The van der Waals surface area contributed by atoms with Crippen LogP contribution in [0.4, 0.5) is 4.39 Å². The molecule has 1 N–H and O–H groups in total. The molecule has 1 aromatic carbocycles. The van der Waals surface area contributed by atoms with Crippen LogP contribution in [0.2, 0.25) is 4.34 Å². The topological polar surface area (TPSA) is 21.3 Å². The predicted octanol–water partition coefficient (Wildman–Crippen LogP) is 4.47. The van der Waals surface area contributed by atoms with Crippen LogP contribution in [0.5, 0.6) is 5.75 Å². The summed E-state index contributed by atoms with van der Waals surface area (Å²) in [5.74, 6) is 0.209. The van der Waals surface area contributed by atoms with E-state index in [2.05, 4.69) is 21.2 Å². The van der Waals surface area contributed by atoms with Crippen molar-refractivity contribution in [1.82, 2.24) is 5.32 Å². The second-order valence-electron chi connectivity index (χ2n) is 3.81. The van der Waals surface area contributed by atoms with Gasteiger partial charge in [0.1, 0.15) is 18.2 Å². The minimum Gasteiger partial charge on any atom is -0.492 e. The SMILES string of the molecule is Fc1cc(OCCNCc2ccc(Cl)s2)ccc1Br. The molecule has 0 aliphatic carbocycles. The van der Waals surface area contributed by atoms with Gasteiger partial charge in [0.2, 0.25) is 0 Å². The Balaban J connectivity index is 1.67. The maximum atomic E-state index is 13.2. The van der Waals surface area contributed by atoms with Crippen LogP contribution in [0, 0.1) is 5.82 Å². The lowest BCUT2D eigenvalue weighted by atomic mass is 10.3. The molecule has 0 aliphatic rings. The zero-order valence-corrected chi connectivity index (χ0v) is 13.1. The van der Waals surface area contributed by atoms with Crippen molar-refractivity contribution in [1.29, 1.82) is 0 Å². The van der Waals surface area contributed by atoms with E-state index in [0.717, 1.165) is 10.9 Å². The third-order valence-electron chi connectivity index (χ3n) is 2.37. The smallest absolute Gasteiger partial charge is 0.141 e. The Hall–Kier alpha value is -0.620. The Labute approximate surface area is 128 Å². The van der Waals surface area contributed by atoms with Gasteiger partial charge in [-0.3, -0.25) is 0 Å². The normalized spacial score (nSPS) is 10.7. The van der Waals surface area contributed by atoms with Gasteiger partial charge in [0.25, 0.3) is 0 Å². The molecule has 0 atom stereocenters. The van der Waals surface area contributed by atoms with Crippen LogP contribution in [0.3, 0.4) is 0 Å². The van der Waals surface area contributed by atoms with E-state index in [0.29, 0.717) is 23.4 Å². The molecule has 2 aromatic rings. The fourth-order valence-electron chi connectivity index (χ4n) is 1.47. The van der Waals surface area contributed by atoms with Gasteiger partial charge in [-0.05, 0) is 40.2 Å². The van der Waals surface area contributed by atoms with E-state index in [1.807, 2.05) is 12.1 Å². The highest BCUT2D eigenvalue weighted by Crippen LogP contribution is 2.21. The maximum Gasteiger partial charge on any atom is 0.141 e. The largest absolute Gasteiger partial charge is 0.492 e. The highest BCUT2D eigenvalue weighted by molar-refractivity contribution is 9.10. The molecule has 0 radical (unpaired) electrons. The molecule has 1 heterocycles.